The minimum absolute atomic E-state index is 0.281. The van der Waals surface area contributed by atoms with Gasteiger partial charge in [0.05, 0.1) is 6.54 Å². The Morgan fingerprint density at radius 3 is 2.50 bits per heavy atom. The van der Waals surface area contributed by atoms with E-state index < -0.39 is 0 Å². The lowest BCUT2D eigenvalue weighted by Gasteiger charge is -2.32. The molecule has 1 heterocycles. The number of carbonyl (C=O) groups is 1. The van der Waals surface area contributed by atoms with Crippen LogP contribution in [-0.4, -0.2) is 61.0 Å². The molecule has 0 aromatic carbocycles. The SMILES string of the molecule is CCC(C)N(CC)CC(=O)N1CCNCC1. The van der Waals surface area contributed by atoms with Crippen molar-refractivity contribution in [3.05, 3.63) is 0 Å². The van der Waals surface area contributed by atoms with Gasteiger partial charge in [0.1, 0.15) is 0 Å². The molecule has 1 atom stereocenters. The van der Waals surface area contributed by atoms with E-state index in [4.69, 9.17) is 0 Å². The number of nitrogens with zero attached hydrogens (tertiary/aromatic N) is 2. The largest absolute Gasteiger partial charge is 0.339 e. The van der Waals surface area contributed by atoms with Crippen LogP contribution in [0.15, 0.2) is 0 Å². The molecule has 1 aliphatic heterocycles. The lowest BCUT2D eigenvalue weighted by molar-refractivity contribution is -0.133. The third-order valence-electron chi connectivity index (χ3n) is 3.43. The molecule has 4 heteroatoms. The second-order valence-corrected chi connectivity index (χ2v) is 4.45. The van der Waals surface area contributed by atoms with Crippen LogP contribution in [0.25, 0.3) is 0 Å². The number of likely N-dealkylation sites (N-methyl/N-ethyl adjacent to an activating group) is 1. The van der Waals surface area contributed by atoms with Crippen molar-refractivity contribution in [1.82, 2.24) is 15.1 Å². The zero-order valence-corrected chi connectivity index (χ0v) is 10.8. The zero-order chi connectivity index (χ0) is 12.0. The molecular formula is C12H25N3O. The number of rotatable bonds is 5. The van der Waals surface area contributed by atoms with Gasteiger partial charge in [0, 0.05) is 32.2 Å². The van der Waals surface area contributed by atoms with Gasteiger partial charge < -0.3 is 10.2 Å². The predicted octanol–water partition coefficient (Wildman–Crippen LogP) is 0.539. The van der Waals surface area contributed by atoms with Crippen molar-refractivity contribution in [3.8, 4) is 0 Å². The molecule has 94 valence electrons. The molecule has 0 bridgehead atoms. The van der Waals surface area contributed by atoms with Gasteiger partial charge in [-0.1, -0.05) is 13.8 Å². The van der Waals surface area contributed by atoms with Crippen molar-refractivity contribution in [2.45, 2.75) is 33.2 Å². The number of carbonyl (C=O) groups excluding carboxylic acids is 1. The van der Waals surface area contributed by atoms with Gasteiger partial charge in [0.2, 0.25) is 5.91 Å². The van der Waals surface area contributed by atoms with Crippen LogP contribution in [0.3, 0.4) is 0 Å². The molecule has 1 N–H and O–H groups in total. The molecule has 0 aromatic rings. The van der Waals surface area contributed by atoms with Crippen LogP contribution < -0.4 is 5.32 Å². The minimum atomic E-state index is 0.281. The molecule has 0 aromatic heterocycles. The molecule has 1 unspecified atom stereocenters. The molecule has 0 radical (unpaired) electrons. The average molecular weight is 227 g/mol. The van der Waals surface area contributed by atoms with Gasteiger partial charge in [-0.25, -0.2) is 0 Å². The number of hydrogen-bond acceptors (Lipinski definition) is 3. The number of amides is 1. The summed E-state index contributed by atoms with van der Waals surface area (Å²) in [4.78, 5) is 16.3. The molecule has 0 aliphatic carbocycles. The van der Waals surface area contributed by atoms with Crippen molar-refractivity contribution < 1.29 is 4.79 Å². The summed E-state index contributed by atoms with van der Waals surface area (Å²) in [6.45, 7) is 11.6. The first kappa shape index (κ1) is 13.5. The van der Waals surface area contributed by atoms with E-state index in [0.717, 1.165) is 39.1 Å². The Labute approximate surface area is 99.0 Å². The van der Waals surface area contributed by atoms with Gasteiger partial charge in [0.25, 0.3) is 0 Å². The first-order valence-electron chi connectivity index (χ1n) is 6.41. The zero-order valence-electron chi connectivity index (χ0n) is 10.8. The highest BCUT2D eigenvalue weighted by Gasteiger charge is 2.20. The quantitative estimate of drug-likeness (QED) is 0.744. The van der Waals surface area contributed by atoms with Crippen molar-refractivity contribution in [3.63, 3.8) is 0 Å². The van der Waals surface area contributed by atoms with Gasteiger partial charge in [-0.3, -0.25) is 9.69 Å². The lowest BCUT2D eigenvalue weighted by atomic mass is 10.2. The van der Waals surface area contributed by atoms with E-state index >= 15 is 0 Å². The minimum Gasteiger partial charge on any atom is -0.339 e. The topological polar surface area (TPSA) is 35.6 Å². The molecule has 1 rings (SSSR count). The molecule has 1 aliphatic rings. The fourth-order valence-corrected chi connectivity index (χ4v) is 2.03. The van der Waals surface area contributed by atoms with Crippen LogP contribution >= 0.6 is 0 Å². The second-order valence-electron chi connectivity index (χ2n) is 4.45. The van der Waals surface area contributed by atoms with E-state index in [1.165, 1.54) is 0 Å². The monoisotopic (exact) mass is 227 g/mol. The highest BCUT2D eigenvalue weighted by Crippen LogP contribution is 2.04. The summed E-state index contributed by atoms with van der Waals surface area (Å²) < 4.78 is 0. The van der Waals surface area contributed by atoms with E-state index in [9.17, 15) is 4.79 Å². The van der Waals surface area contributed by atoms with Crippen molar-refractivity contribution >= 4 is 5.91 Å². The van der Waals surface area contributed by atoms with Crippen LogP contribution in [0.2, 0.25) is 0 Å². The van der Waals surface area contributed by atoms with E-state index in [-0.39, 0.29) is 5.91 Å². The van der Waals surface area contributed by atoms with E-state index in [1.54, 1.807) is 0 Å². The lowest BCUT2D eigenvalue weighted by Crippen LogP contribution is -2.50. The standard InChI is InChI=1S/C12H25N3O/c1-4-11(3)14(5-2)10-12(16)15-8-6-13-7-9-15/h11,13H,4-10H2,1-3H3. The Morgan fingerprint density at radius 1 is 1.38 bits per heavy atom. The first-order chi connectivity index (χ1) is 7.69. The second kappa shape index (κ2) is 6.86. The van der Waals surface area contributed by atoms with E-state index in [0.29, 0.717) is 12.6 Å². The van der Waals surface area contributed by atoms with Gasteiger partial charge in [0.15, 0.2) is 0 Å². The summed E-state index contributed by atoms with van der Waals surface area (Å²) in [5.41, 5.74) is 0. The molecule has 0 saturated carbocycles. The maximum atomic E-state index is 12.0. The molecule has 1 saturated heterocycles. The van der Waals surface area contributed by atoms with E-state index in [1.807, 2.05) is 4.90 Å². The van der Waals surface area contributed by atoms with Gasteiger partial charge in [-0.15, -0.1) is 0 Å². The molecule has 1 fully saturated rings. The molecule has 0 spiro atoms. The highest BCUT2D eigenvalue weighted by atomic mass is 16.2. The van der Waals surface area contributed by atoms with Crippen LogP contribution in [0.1, 0.15) is 27.2 Å². The average Bonchev–Trinajstić information content (AvgIpc) is 2.35. The molecule has 1 amide bonds. The molecular weight excluding hydrogens is 202 g/mol. The van der Waals surface area contributed by atoms with E-state index in [2.05, 4.69) is 31.0 Å². The predicted molar refractivity (Wildman–Crippen MR) is 66.4 cm³/mol. The summed E-state index contributed by atoms with van der Waals surface area (Å²) >= 11 is 0. The maximum absolute atomic E-state index is 12.0. The van der Waals surface area contributed by atoms with Crippen molar-refractivity contribution in [1.29, 1.82) is 0 Å². The summed E-state index contributed by atoms with van der Waals surface area (Å²) in [6.07, 6.45) is 1.10. The third kappa shape index (κ3) is 3.76. The highest BCUT2D eigenvalue weighted by molar-refractivity contribution is 5.78. The van der Waals surface area contributed by atoms with Gasteiger partial charge in [-0.2, -0.15) is 0 Å². The van der Waals surface area contributed by atoms with Crippen LogP contribution in [0, 0.1) is 0 Å². The summed E-state index contributed by atoms with van der Waals surface area (Å²) in [5, 5.41) is 3.26. The number of hydrogen-bond donors (Lipinski definition) is 1. The molecule has 16 heavy (non-hydrogen) atoms. The summed E-state index contributed by atoms with van der Waals surface area (Å²) in [6, 6.07) is 0.497. The number of piperazine rings is 1. The Morgan fingerprint density at radius 2 is 2.00 bits per heavy atom. The fourth-order valence-electron chi connectivity index (χ4n) is 2.03. The Bertz CT molecular complexity index is 214. The Kier molecular flexibility index (Phi) is 5.77. The van der Waals surface area contributed by atoms with Crippen LogP contribution in [0.4, 0.5) is 0 Å². The summed E-state index contributed by atoms with van der Waals surface area (Å²) in [5.74, 6) is 0.281. The molecule has 4 nitrogen and oxygen atoms in total. The maximum Gasteiger partial charge on any atom is 0.236 e. The van der Waals surface area contributed by atoms with Crippen LogP contribution in [0.5, 0.6) is 0 Å². The third-order valence-corrected chi connectivity index (χ3v) is 3.43. The van der Waals surface area contributed by atoms with Gasteiger partial charge in [-0.05, 0) is 19.9 Å². The Balaban J connectivity index is 2.41. The number of nitrogens with one attached hydrogen (secondary N) is 1. The smallest absolute Gasteiger partial charge is 0.236 e. The van der Waals surface area contributed by atoms with Crippen LogP contribution in [-0.2, 0) is 4.79 Å². The summed E-state index contributed by atoms with van der Waals surface area (Å²) in [7, 11) is 0. The van der Waals surface area contributed by atoms with Gasteiger partial charge >= 0.3 is 0 Å². The van der Waals surface area contributed by atoms with Crippen molar-refractivity contribution in [2.24, 2.45) is 0 Å². The van der Waals surface area contributed by atoms with Crippen molar-refractivity contribution in [2.75, 3.05) is 39.3 Å². The fraction of sp³-hybridized carbons (Fsp3) is 0.917. The normalized spacial score (nSPS) is 18.9. The Hall–Kier alpha value is -0.610. The first-order valence-corrected chi connectivity index (χ1v) is 6.41.